The quantitative estimate of drug-likeness (QED) is 0.867. The van der Waals surface area contributed by atoms with Gasteiger partial charge in [0.25, 0.3) is 0 Å². The Kier molecular flexibility index (Phi) is 5.29. The van der Waals surface area contributed by atoms with Crippen molar-refractivity contribution < 1.29 is 13.2 Å². The van der Waals surface area contributed by atoms with E-state index < -0.39 is 12.1 Å². The number of rotatable bonds is 3. The van der Waals surface area contributed by atoms with Gasteiger partial charge in [-0.2, -0.15) is 24.9 Å². The lowest BCUT2D eigenvalue weighted by atomic mass is 9.75. The molecule has 118 valence electrons. The van der Waals surface area contributed by atoms with Gasteiger partial charge in [-0.3, -0.25) is 4.90 Å². The second-order valence-corrected chi connectivity index (χ2v) is 7.50. The molecule has 2 N–H and O–H groups in total. The van der Waals surface area contributed by atoms with Crippen molar-refractivity contribution in [1.82, 2.24) is 4.90 Å². The van der Waals surface area contributed by atoms with Crippen LogP contribution in [-0.4, -0.2) is 47.3 Å². The highest BCUT2D eigenvalue weighted by Gasteiger charge is 2.47. The molecule has 1 aliphatic carbocycles. The first-order valence-corrected chi connectivity index (χ1v) is 8.59. The Balaban J connectivity index is 2.01. The molecule has 2 nitrogen and oxygen atoms in total. The number of nitrogens with two attached hydrogens (primary N) is 1. The lowest BCUT2D eigenvalue weighted by Crippen LogP contribution is -2.59. The van der Waals surface area contributed by atoms with Crippen LogP contribution in [-0.2, 0) is 0 Å². The average molecular weight is 310 g/mol. The van der Waals surface area contributed by atoms with Gasteiger partial charge in [0.15, 0.2) is 0 Å². The lowest BCUT2D eigenvalue weighted by Gasteiger charge is -2.50. The van der Waals surface area contributed by atoms with Gasteiger partial charge in [-0.25, -0.2) is 0 Å². The summed E-state index contributed by atoms with van der Waals surface area (Å²) >= 11 is 1.98. The first kappa shape index (κ1) is 16.4. The van der Waals surface area contributed by atoms with Gasteiger partial charge in [-0.15, -0.1) is 0 Å². The molecule has 20 heavy (non-hydrogen) atoms. The van der Waals surface area contributed by atoms with Crippen LogP contribution in [0.1, 0.15) is 39.0 Å². The number of hydrogen-bond acceptors (Lipinski definition) is 3. The molecule has 0 aromatic heterocycles. The van der Waals surface area contributed by atoms with Gasteiger partial charge in [0, 0.05) is 36.2 Å². The largest absolute Gasteiger partial charge is 0.391 e. The summed E-state index contributed by atoms with van der Waals surface area (Å²) in [6.45, 7) is 4.61. The van der Waals surface area contributed by atoms with Gasteiger partial charge in [0.05, 0.1) is 5.92 Å². The van der Waals surface area contributed by atoms with Crippen LogP contribution < -0.4 is 5.73 Å². The third-order valence-electron chi connectivity index (χ3n) is 5.02. The molecule has 1 unspecified atom stereocenters. The zero-order valence-electron chi connectivity index (χ0n) is 12.1. The van der Waals surface area contributed by atoms with E-state index in [4.69, 9.17) is 5.73 Å². The minimum absolute atomic E-state index is 0.184. The average Bonchev–Trinajstić information content (AvgIpc) is 2.46. The fourth-order valence-corrected chi connectivity index (χ4v) is 4.71. The maximum atomic E-state index is 12.8. The topological polar surface area (TPSA) is 29.3 Å². The molecule has 6 heteroatoms. The summed E-state index contributed by atoms with van der Waals surface area (Å²) in [5.41, 5.74) is 5.80. The molecular formula is C14H25F3N2S. The van der Waals surface area contributed by atoms with Crippen LogP contribution in [0.25, 0.3) is 0 Å². The number of alkyl halides is 3. The van der Waals surface area contributed by atoms with Crippen LogP contribution in [0.2, 0.25) is 0 Å². The Hall–Kier alpha value is 0.0600. The van der Waals surface area contributed by atoms with Crippen molar-refractivity contribution in [1.29, 1.82) is 0 Å². The van der Waals surface area contributed by atoms with E-state index in [1.54, 1.807) is 0 Å². The standard InChI is InChI=1S/C14H25F3N2S/c1-2-12-9-19(7-8-20-12)13(10-18)5-3-11(4-6-13)14(15,16)17/h11-12H,2-10,18H2,1H3. The summed E-state index contributed by atoms with van der Waals surface area (Å²) in [7, 11) is 0. The van der Waals surface area contributed by atoms with Gasteiger partial charge >= 0.3 is 6.18 Å². The van der Waals surface area contributed by atoms with E-state index in [0.29, 0.717) is 24.6 Å². The van der Waals surface area contributed by atoms with E-state index in [9.17, 15) is 13.2 Å². The van der Waals surface area contributed by atoms with Crippen molar-refractivity contribution in [3.05, 3.63) is 0 Å². The van der Waals surface area contributed by atoms with Crippen molar-refractivity contribution in [2.24, 2.45) is 11.7 Å². The maximum absolute atomic E-state index is 12.8. The van der Waals surface area contributed by atoms with E-state index in [0.717, 1.165) is 25.3 Å². The summed E-state index contributed by atoms with van der Waals surface area (Å²) in [6.07, 6.45) is -1.26. The zero-order valence-corrected chi connectivity index (χ0v) is 12.9. The summed E-state index contributed by atoms with van der Waals surface area (Å²) in [5.74, 6) is -0.0496. The minimum atomic E-state index is -4.04. The Morgan fingerprint density at radius 3 is 2.45 bits per heavy atom. The van der Waals surface area contributed by atoms with Crippen molar-refractivity contribution in [3.63, 3.8) is 0 Å². The summed E-state index contributed by atoms with van der Waals surface area (Å²) in [6, 6.07) is 0. The van der Waals surface area contributed by atoms with Gasteiger partial charge in [0.1, 0.15) is 0 Å². The summed E-state index contributed by atoms with van der Waals surface area (Å²) < 4.78 is 38.4. The number of halogens is 3. The molecule has 1 aliphatic heterocycles. The van der Waals surface area contributed by atoms with Crippen LogP contribution >= 0.6 is 11.8 Å². The summed E-state index contributed by atoms with van der Waals surface area (Å²) in [5, 5.41) is 0.604. The summed E-state index contributed by atoms with van der Waals surface area (Å²) in [4.78, 5) is 2.39. The highest BCUT2D eigenvalue weighted by molar-refractivity contribution is 8.00. The fourth-order valence-electron chi connectivity index (χ4n) is 3.53. The van der Waals surface area contributed by atoms with Gasteiger partial charge < -0.3 is 5.73 Å². The molecule has 2 aliphatic rings. The normalized spacial score (nSPS) is 37.0. The number of nitrogens with zero attached hydrogens (tertiary/aromatic N) is 1. The third-order valence-corrected chi connectivity index (χ3v) is 6.40. The lowest BCUT2D eigenvalue weighted by molar-refractivity contribution is -0.188. The van der Waals surface area contributed by atoms with E-state index in [-0.39, 0.29) is 18.4 Å². The molecule has 0 aromatic rings. The SMILES string of the molecule is CCC1CN(C2(CN)CCC(C(F)(F)F)CC2)CCS1. The van der Waals surface area contributed by atoms with Crippen LogP contribution in [0.15, 0.2) is 0 Å². The third kappa shape index (κ3) is 3.45. The second kappa shape index (κ2) is 6.44. The molecule has 0 spiro atoms. The molecule has 1 atom stereocenters. The Labute approximate surface area is 123 Å². The molecule has 0 bridgehead atoms. The molecule has 1 saturated heterocycles. The molecule has 1 heterocycles. The van der Waals surface area contributed by atoms with Crippen molar-refractivity contribution in [3.8, 4) is 0 Å². The Morgan fingerprint density at radius 1 is 1.30 bits per heavy atom. The molecule has 0 radical (unpaired) electrons. The zero-order chi connectivity index (χ0) is 14.8. The van der Waals surface area contributed by atoms with E-state index in [2.05, 4.69) is 11.8 Å². The van der Waals surface area contributed by atoms with Crippen molar-refractivity contribution >= 4 is 11.8 Å². The molecule has 2 fully saturated rings. The van der Waals surface area contributed by atoms with Crippen LogP contribution in [0.5, 0.6) is 0 Å². The van der Waals surface area contributed by atoms with Crippen LogP contribution in [0.4, 0.5) is 13.2 Å². The van der Waals surface area contributed by atoms with Gasteiger partial charge in [-0.05, 0) is 32.1 Å². The van der Waals surface area contributed by atoms with Crippen LogP contribution in [0.3, 0.4) is 0 Å². The van der Waals surface area contributed by atoms with Crippen molar-refractivity contribution in [2.75, 3.05) is 25.4 Å². The number of hydrogen-bond donors (Lipinski definition) is 1. The molecule has 2 rings (SSSR count). The smallest absolute Gasteiger partial charge is 0.329 e. The highest BCUT2D eigenvalue weighted by Crippen LogP contribution is 2.44. The molecular weight excluding hydrogens is 285 g/mol. The number of thioether (sulfide) groups is 1. The van der Waals surface area contributed by atoms with Gasteiger partial charge in [0.2, 0.25) is 0 Å². The van der Waals surface area contributed by atoms with E-state index >= 15 is 0 Å². The second-order valence-electron chi connectivity index (χ2n) is 6.09. The van der Waals surface area contributed by atoms with Gasteiger partial charge in [-0.1, -0.05) is 6.92 Å². The predicted molar refractivity (Wildman–Crippen MR) is 77.9 cm³/mol. The Bertz CT molecular complexity index is 314. The fraction of sp³-hybridized carbons (Fsp3) is 1.00. The van der Waals surface area contributed by atoms with Crippen LogP contribution in [0, 0.1) is 5.92 Å². The first-order valence-electron chi connectivity index (χ1n) is 7.55. The molecule has 0 aromatic carbocycles. The monoisotopic (exact) mass is 310 g/mol. The van der Waals surface area contributed by atoms with E-state index in [1.165, 1.54) is 0 Å². The van der Waals surface area contributed by atoms with E-state index in [1.807, 2.05) is 11.8 Å². The first-order chi connectivity index (χ1) is 9.41. The molecule has 0 amide bonds. The minimum Gasteiger partial charge on any atom is -0.329 e. The maximum Gasteiger partial charge on any atom is 0.391 e. The predicted octanol–water partition coefficient (Wildman–Crippen LogP) is 3.26. The van der Waals surface area contributed by atoms with Crippen molar-refractivity contribution in [2.45, 2.75) is 56.0 Å². The highest BCUT2D eigenvalue weighted by atomic mass is 32.2. The molecule has 1 saturated carbocycles. The Morgan fingerprint density at radius 2 is 1.95 bits per heavy atom.